The van der Waals surface area contributed by atoms with Gasteiger partial charge >= 0.3 is 0 Å². The summed E-state index contributed by atoms with van der Waals surface area (Å²) in [5, 5.41) is 0. The van der Waals surface area contributed by atoms with Crippen LogP contribution < -0.4 is 15.0 Å². The number of nitrogens with one attached hydrogen (secondary N) is 1. The molecule has 0 radical (unpaired) electrons. The molecular weight excluding hydrogens is 225 g/mol. The summed E-state index contributed by atoms with van der Waals surface area (Å²) in [5.74, 6) is 1.11. The van der Waals surface area contributed by atoms with Crippen LogP contribution in [0.1, 0.15) is 24.2 Å². The van der Waals surface area contributed by atoms with Gasteiger partial charge in [-0.3, -0.25) is 0 Å². The van der Waals surface area contributed by atoms with Crippen molar-refractivity contribution in [3.8, 4) is 11.5 Å². The number of methoxy groups -OCH3 is 2. The lowest BCUT2D eigenvalue weighted by Gasteiger charge is -2.15. The van der Waals surface area contributed by atoms with Crippen molar-refractivity contribution in [2.24, 2.45) is 0 Å². The molecule has 0 aliphatic heterocycles. The van der Waals surface area contributed by atoms with E-state index in [-0.39, 0.29) is 0 Å². The van der Waals surface area contributed by atoms with Gasteiger partial charge in [0, 0.05) is 17.7 Å². The number of hydrogen-bond acceptors (Lipinski definition) is 4. The van der Waals surface area contributed by atoms with Crippen LogP contribution >= 0.6 is 0 Å². The maximum absolute atomic E-state index is 13.4. The normalized spacial score (nSPS) is 12.3. The van der Waals surface area contributed by atoms with Gasteiger partial charge in [-0.2, -0.15) is 5.48 Å². The van der Waals surface area contributed by atoms with Gasteiger partial charge in [-0.15, -0.1) is 0 Å². The van der Waals surface area contributed by atoms with E-state index in [0.717, 1.165) is 5.56 Å². The van der Waals surface area contributed by atoms with E-state index >= 15 is 0 Å². The van der Waals surface area contributed by atoms with Crippen LogP contribution in [0.2, 0.25) is 0 Å². The average Bonchev–Trinajstić information content (AvgIpc) is 2.34. The molecule has 0 saturated carbocycles. The molecule has 1 rings (SSSR count). The Morgan fingerprint density at radius 3 is 2.29 bits per heavy atom. The van der Waals surface area contributed by atoms with Crippen molar-refractivity contribution in [2.45, 2.75) is 19.6 Å². The van der Waals surface area contributed by atoms with Crippen LogP contribution in [-0.2, 0) is 11.4 Å². The Hall–Kier alpha value is -1.33. The van der Waals surface area contributed by atoms with E-state index in [9.17, 15) is 4.39 Å². The highest BCUT2D eigenvalue weighted by molar-refractivity contribution is 5.47. The van der Waals surface area contributed by atoms with Crippen molar-refractivity contribution in [1.29, 1.82) is 0 Å². The second-order valence-corrected chi connectivity index (χ2v) is 3.55. The van der Waals surface area contributed by atoms with Crippen LogP contribution in [0, 0.1) is 0 Å². The number of ether oxygens (including phenoxy) is 2. The van der Waals surface area contributed by atoms with Gasteiger partial charge in [-0.05, 0) is 19.1 Å². The molecule has 0 aromatic heterocycles. The van der Waals surface area contributed by atoms with Crippen LogP contribution in [0.15, 0.2) is 12.1 Å². The standard InChI is InChI=1S/C12H18FNO3/c1-8(13)10-6-11(15-2)9(7-14-17-4)5-12(10)16-3/h5-6,8,14H,7H2,1-4H3. The second-order valence-electron chi connectivity index (χ2n) is 3.55. The third kappa shape index (κ3) is 3.31. The van der Waals surface area contributed by atoms with Gasteiger partial charge in [-0.1, -0.05) is 0 Å². The maximum Gasteiger partial charge on any atom is 0.126 e. The molecule has 0 bridgehead atoms. The molecule has 0 aliphatic carbocycles. The first-order valence-electron chi connectivity index (χ1n) is 5.28. The van der Waals surface area contributed by atoms with Gasteiger partial charge in [0.05, 0.1) is 21.3 Å². The minimum atomic E-state index is -1.11. The molecule has 1 N–H and O–H groups in total. The topological polar surface area (TPSA) is 39.7 Å². The van der Waals surface area contributed by atoms with Crippen LogP contribution in [0.25, 0.3) is 0 Å². The zero-order chi connectivity index (χ0) is 12.8. The van der Waals surface area contributed by atoms with E-state index in [1.807, 2.05) is 0 Å². The fourth-order valence-electron chi connectivity index (χ4n) is 1.58. The lowest BCUT2D eigenvalue weighted by atomic mass is 10.1. The van der Waals surface area contributed by atoms with E-state index in [4.69, 9.17) is 14.3 Å². The summed E-state index contributed by atoms with van der Waals surface area (Å²) < 4.78 is 23.8. The summed E-state index contributed by atoms with van der Waals surface area (Å²) in [6.45, 7) is 1.92. The highest BCUT2D eigenvalue weighted by Gasteiger charge is 2.15. The fourth-order valence-corrected chi connectivity index (χ4v) is 1.58. The first-order chi connectivity index (χ1) is 8.13. The zero-order valence-corrected chi connectivity index (χ0v) is 10.5. The van der Waals surface area contributed by atoms with Gasteiger partial charge in [0.2, 0.25) is 0 Å². The molecule has 0 aliphatic rings. The third-order valence-electron chi connectivity index (χ3n) is 2.47. The zero-order valence-electron chi connectivity index (χ0n) is 10.5. The number of alkyl halides is 1. The number of hydroxylamine groups is 1. The lowest BCUT2D eigenvalue weighted by Crippen LogP contribution is -2.12. The molecule has 5 heteroatoms. The molecular formula is C12H18FNO3. The SMILES string of the molecule is CONCc1cc(OC)c(C(C)F)cc1OC. The number of benzene rings is 1. The summed E-state index contributed by atoms with van der Waals surface area (Å²) >= 11 is 0. The summed E-state index contributed by atoms with van der Waals surface area (Å²) in [5.41, 5.74) is 4.03. The van der Waals surface area contributed by atoms with Crippen LogP contribution in [-0.4, -0.2) is 21.3 Å². The van der Waals surface area contributed by atoms with E-state index in [0.29, 0.717) is 23.6 Å². The molecule has 4 nitrogen and oxygen atoms in total. The van der Waals surface area contributed by atoms with Crippen molar-refractivity contribution in [3.63, 3.8) is 0 Å². The predicted octanol–water partition coefficient (Wildman–Crippen LogP) is 2.39. The number of rotatable bonds is 6. The summed E-state index contributed by atoms with van der Waals surface area (Å²) in [6, 6.07) is 3.40. The van der Waals surface area contributed by atoms with Gasteiger partial charge in [-0.25, -0.2) is 4.39 Å². The van der Waals surface area contributed by atoms with Crippen molar-refractivity contribution in [3.05, 3.63) is 23.3 Å². The Morgan fingerprint density at radius 1 is 1.18 bits per heavy atom. The number of hydrogen-bond donors (Lipinski definition) is 1. The first-order valence-corrected chi connectivity index (χ1v) is 5.28. The molecule has 1 atom stereocenters. The van der Waals surface area contributed by atoms with E-state index in [1.54, 1.807) is 19.2 Å². The largest absolute Gasteiger partial charge is 0.496 e. The minimum Gasteiger partial charge on any atom is -0.496 e. The van der Waals surface area contributed by atoms with Crippen molar-refractivity contribution >= 4 is 0 Å². The highest BCUT2D eigenvalue weighted by atomic mass is 19.1. The molecule has 0 spiro atoms. The quantitative estimate of drug-likeness (QED) is 0.779. The Bertz CT molecular complexity index is 369. The Kier molecular flexibility index (Phi) is 5.18. The van der Waals surface area contributed by atoms with E-state index < -0.39 is 6.17 Å². The molecule has 17 heavy (non-hydrogen) atoms. The second kappa shape index (κ2) is 6.42. The maximum atomic E-state index is 13.4. The van der Waals surface area contributed by atoms with Crippen LogP contribution in [0.4, 0.5) is 4.39 Å². The summed E-state index contributed by atoms with van der Waals surface area (Å²) in [7, 11) is 4.59. The van der Waals surface area contributed by atoms with Crippen molar-refractivity contribution < 1.29 is 18.7 Å². The molecule has 96 valence electrons. The average molecular weight is 243 g/mol. The van der Waals surface area contributed by atoms with Gasteiger partial charge in [0.15, 0.2) is 0 Å². The smallest absolute Gasteiger partial charge is 0.126 e. The minimum absolute atomic E-state index is 0.455. The first kappa shape index (κ1) is 13.7. The molecule has 1 aromatic carbocycles. The Morgan fingerprint density at radius 2 is 1.82 bits per heavy atom. The third-order valence-corrected chi connectivity index (χ3v) is 2.47. The van der Waals surface area contributed by atoms with Gasteiger partial charge < -0.3 is 14.3 Å². The van der Waals surface area contributed by atoms with E-state index in [2.05, 4.69) is 5.48 Å². The van der Waals surface area contributed by atoms with Gasteiger partial charge in [0.25, 0.3) is 0 Å². The predicted molar refractivity (Wildman–Crippen MR) is 62.9 cm³/mol. The Labute approximate surface area is 101 Å². The Balaban J connectivity index is 3.13. The lowest BCUT2D eigenvalue weighted by molar-refractivity contribution is 0.0860. The molecule has 0 heterocycles. The highest BCUT2D eigenvalue weighted by Crippen LogP contribution is 2.34. The summed E-state index contributed by atoms with van der Waals surface area (Å²) in [6.07, 6.45) is -1.11. The molecule has 0 saturated heterocycles. The molecule has 1 aromatic rings. The van der Waals surface area contributed by atoms with Crippen molar-refractivity contribution in [2.75, 3.05) is 21.3 Å². The van der Waals surface area contributed by atoms with Gasteiger partial charge in [0.1, 0.15) is 17.7 Å². The van der Waals surface area contributed by atoms with Crippen LogP contribution in [0.3, 0.4) is 0 Å². The summed E-state index contributed by atoms with van der Waals surface area (Å²) in [4.78, 5) is 4.78. The van der Waals surface area contributed by atoms with E-state index in [1.165, 1.54) is 21.1 Å². The number of halogens is 1. The molecule has 0 amide bonds. The van der Waals surface area contributed by atoms with Crippen molar-refractivity contribution in [1.82, 2.24) is 5.48 Å². The molecule has 1 unspecified atom stereocenters. The molecule has 0 fully saturated rings. The van der Waals surface area contributed by atoms with Crippen LogP contribution in [0.5, 0.6) is 11.5 Å². The monoisotopic (exact) mass is 243 g/mol. The fraction of sp³-hybridized carbons (Fsp3) is 0.500.